The summed E-state index contributed by atoms with van der Waals surface area (Å²) < 4.78 is 6.47. The minimum absolute atomic E-state index is 0.0650. The van der Waals surface area contributed by atoms with Crippen LogP contribution in [0, 0.1) is 11.1 Å². The predicted octanol–water partition coefficient (Wildman–Crippen LogP) is 5.08. The largest absolute Gasteiger partial charge is 0.786 e. The Morgan fingerprint density at radius 2 is 2.06 bits per heavy atom. The maximum absolute atomic E-state index is 12.2. The van der Waals surface area contributed by atoms with E-state index in [-0.39, 0.29) is 24.9 Å². The Morgan fingerprint density at radius 3 is 2.79 bits per heavy atom. The van der Waals surface area contributed by atoms with Crippen molar-refractivity contribution in [2.75, 3.05) is 24.9 Å². The first-order valence-electron chi connectivity index (χ1n) is 11.6. The van der Waals surface area contributed by atoms with E-state index in [0.717, 1.165) is 65.3 Å². The van der Waals surface area contributed by atoms with Crippen LogP contribution >= 0.6 is 0 Å². The molecule has 182 valence electrons. The lowest BCUT2D eigenvalue weighted by molar-refractivity contribution is -0.0421. The summed E-state index contributed by atoms with van der Waals surface area (Å²) in [7, 11) is 0. The Bertz CT molecular complexity index is 928. The van der Waals surface area contributed by atoms with Gasteiger partial charge < -0.3 is 31.2 Å². The van der Waals surface area contributed by atoms with Gasteiger partial charge in [0, 0.05) is 5.92 Å². The van der Waals surface area contributed by atoms with Gasteiger partial charge in [0.15, 0.2) is 0 Å². The molecule has 1 aromatic carbocycles. The molecule has 1 saturated heterocycles. The summed E-state index contributed by atoms with van der Waals surface area (Å²) in [6, 6.07) is 7.33. The summed E-state index contributed by atoms with van der Waals surface area (Å²) in [4.78, 5) is 0. The average Bonchev–Trinajstić information content (AvgIpc) is 2.82. The van der Waals surface area contributed by atoms with Crippen molar-refractivity contribution in [3.05, 3.63) is 69.6 Å². The molecule has 2 atom stereocenters. The smallest absolute Gasteiger partial charge is 0.122 e. The van der Waals surface area contributed by atoms with Gasteiger partial charge in [-0.2, -0.15) is 0 Å². The number of nitrogens with two attached hydrogens (primary N) is 2. The molecule has 8 nitrogen and oxygen atoms in total. The highest BCUT2D eigenvalue weighted by Gasteiger charge is 2.40. The van der Waals surface area contributed by atoms with Crippen molar-refractivity contribution in [2.45, 2.75) is 58.5 Å². The van der Waals surface area contributed by atoms with Crippen LogP contribution in [0.5, 0.6) is 0 Å². The van der Waals surface area contributed by atoms with Crippen LogP contribution in [0.3, 0.4) is 0 Å². The number of aliphatic hydroxyl groups is 1. The van der Waals surface area contributed by atoms with E-state index in [1.807, 2.05) is 38.1 Å². The number of hydrogen-bond donors (Lipinski definition) is 3. The van der Waals surface area contributed by atoms with Gasteiger partial charge in [-0.15, -0.1) is 5.69 Å². The number of benzene rings is 1. The van der Waals surface area contributed by atoms with Gasteiger partial charge in [0.1, 0.15) is 17.1 Å². The topological polar surface area (TPSA) is 125 Å². The lowest BCUT2D eigenvalue weighted by atomic mass is 9.77. The van der Waals surface area contributed by atoms with Gasteiger partial charge in [0.05, 0.1) is 12.4 Å². The molecule has 0 amide bonds. The highest BCUT2D eigenvalue weighted by molar-refractivity contribution is 5.59. The normalized spacial score (nSPS) is 23.0. The molecule has 0 aromatic heterocycles. The summed E-state index contributed by atoms with van der Waals surface area (Å²) in [5, 5.41) is 29.3. The summed E-state index contributed by atoms with van der Waals surface area (Å²) in [5.41, 5.74) is 9.35. The van der Waals surface area contributed by atoms with Gasteiger partial charge in [0.2, 0.25) is 0 Å². The summed E-state index contributed by atoms with van der Waals surface area (Å²) in [5.74, 6) is 7.12. The van der Waals surface area contributed by atoms with Crippen molar-refractivity contribution in [2.24, 2.45) is 17.5 Å². The standard InChI is InChI=1S/C25H37N5O3/c1-17-18(2)24-22(19(3)23(17)31)10-12-25(4,33-24)11-5-6-13-29(32)16-28-20-8-7-9-21(14-20)30(27)15-26/h7-9,14,22,31H,3,5-6,10-13,15-16,26-27H2,1-2,4H3/q-2. The molecule has 0 bridgehead atoms. The molecule has 2 aliphatic rings. The molecule has 1 aliphatic carbocycles. The second-order valence-corrected chi connectivity index (χ2v) is 9.27. The first-order valence-corrected chi connectivity index (χ1v) is 11.6. The second-order valence-electron chi connectivity index (χ2n) is 9.27. The molecule has 1 heterocycles. The minimum atomic E-state index is -0.268. The van der Waals surface area contributed by atoms with Crippen LogP contribution in [-0.4, -0.2) is 35.7 Å². The monoisotopic (exact) mass is 455 g/mol. The number of fused-ring (bicyclic) bond motifs is 1. The highest BCUT2D eigenvalue weighted by Crippen LogP contribution is 2.47. The fourth-order valence-corrected chi connectivity index (χ4v) is 4.48. The third kappa shape index (κ3) is 5.89. The van der Waals surface area contributed by atoms with Gasteiger partial charge in [-0.3, -0.25) is 5.01 Å². The number of aliphatic hydroxyl groups excluding tert-OH is 1. The van der Waals surface area contributed by atoms with E-state index in [4.69, 9.17) is 16.3 Å². The van der Waals surface area contributed by atoms with Gasteiger partial charge in [-0.05, 0) is 82.2 Å². The van der Waals surface area contributed by atoms with Crippen LogP contribution in [-0.2, 0) is 4.74 Å². The van der Waals surface area contributed by atoms with Crippen molar-refractivity contribution in [3.8, 4) is 0 Å². The number of allylic oxidation sites excluding steroid dienone is 4. The Balaban J connectivity index is 1.44. The number of hydrazine groups is 1. The Hall–Kier alpha value is -2.52. The van der Waals surface area contributed by atoms with Gasteiger partial charge in [-0.1, -0.05) is 31.4 Å². The van der Waals surface area contributed by atoms with Gasteiger partial charge >= 0.3 is 0 Å². The third-order valence-electron chi connectivity index (χ3n) is 6.78. The number of unbranched alkanes of at least 4 members (excludes halogenated alkanes) is 1. The maximum Gasteiger partial charge on any atom is 0.122 e. The molecule has 0 spiro atoms. The zero-order valence-electron chi connectivity index (χ0n) is 20.0. The number of rotatable bonds is 10. The van der Waals surface area contributed by atoms with E-state index < -0.39 is 0 Å². The van der Waals surface area contributed by atoms with E-state index >= 15 is 0 Å². The van der Waals surface area contributed by atoms with E-state index in [2.05, 4.69) is 18.8 Å². The number of nitrogens with zero attached hydrogens (tertiary/aromatic N) is 3. The molecule has 1 aromatic rings. The molecule has 1 aliphatic heterocycles. The molecule has 2 unspecified atom stereocenters. The van der Waals surface area contributed by atoms with Crippen LogP contribution in [0.1, 0.15) is 52.9 Å². The third-order valence-corrected chi connectivity index (χ3v) is 6.78. The molecule has 1 fully saturated rings. The van der Waals surface area contributed by atoms with Crippen LogP contribution in [0.2, 0.25) is 0 Å². The Labute approximate surface area is 197 Å². The molecule has 3 rings (SSSR count). The maximum atomic E-state index is 12.2. The number of anilines is 1. The molecule has 0 radical (unpaired) electrons. The lowest BCUT2D eigenvalue weighted by Crippen LogP contribution is -2.38. The number of ether oxygens (including phenoxy) is 1. The zero-order valence-corrected chi connectivity index (χ0v) is 20.0. The van der Waals surface area contributed by atoms with E-state index in [0.29, 0.717) is 18.0 Å². The quantitative estimate of drug-likeness (QED) is 0.194. The summed E-state index contributed by atoms with van der Waals surface area (Å²) in [6.07, 6.45) is 4.34. The van der Waals surface area contributed by atoms with Crippen molar-refractivity contribution in [1.82, 2.24) is 5.06 Å². The van der Waals surface area contributed by atoms with Crippen LogP contribution < -0.4 is 16.6 Å². The zero-order chi connectivity index (χ0) is 24.2. The SMILES string of the molecule is C=C1C(O)=C(C)C(C)=C2OC(C)(CCCCN([O-])C[N-]c3cccc(N(N)CN)c3)CCC12. The molecule has 0 saturated carbocycles. The predicted molar refractivity (Wildman–Crippen MR) is 133 cm³/mol. The van der Waals surface area contributed by atoms with Crippen molar-refractivity contribution < 1.29 is 9.84 Å². The molecule has 33 heavy (non-hydrogen) atoms. The Kier molecular flexibility index (Phi) is 8.07. The van der Waals surface area contributed by atoms with Gasteiger partial charge in [-0.25, -0.2) is 5.84 Å². The number of hydrogen-bond acceptors (Lipinski definition) is 7. The fourth-order valence-electron chi connectivity index (χ4n) is 4.48. The van der Waals surface area contributed by atoms with E-state index in [9.17, 15) is 10.3 Å². The fraction of sp³-hybridized carbons (Fsp3) is 0.520. The number of hydroxylamine groups is 2. The molecular formula is C25H37N5O3-2. The van der Waals surface area contributed by atoms with Crippen LogP contribution in [0.15, 0.2) is 59.1 Å². The van der Waals surface area contributed by atoms with Gasteiger partial charge in [0.25, 0.3) is 0 Å². The summed E-state index contributed by atoms with van der Waals surface area (Å²) in [6.45, 7) is 10.8. The van der Waals surface area contributed by atoms with Crippen molar-refractivity contribution in [1.29, 1.82) is 0 Å². The van der Waals surface area contributed by atoms with Crippen LogP contribution in [0.4, 0.5) is 11.4 Å². The van der Waals surface area contributed by atoms with E-state index in [1.165, 1.54) is 5.01 Å². The molecule has 5 N–H and O–H groups in total. The molecule has 8 heteroatoms. The minimum Gasteiger partial charge on any atom is -0.786 e. The second kappa shape index (κ2) is 10.6. The van der Waals surface area contributed by atoms with Crippen LogP contribution in [0.25, 0.3) is 5.32 Å². The lowest BCUT2D eigenvalue weighted by Gasteiger charge is -2.43. The highest BCUT2D eigenvalue weighted by atomic mass is 16.5. The van der Waals surface area contributed by atoms with Crippen molar-refractivity contribution in [3.63, 3.8) is 0 Å². The van der Waals surface area contributed by atoms with E-state index in [1.54, 1.807) is 0 Å². The first kappa shape index (κ1) is 25.1. The van der Waals surface area contributed by atoms with Crippen molar-refractivity contribution >= 4 is 11.4 Å². The Morgan fingerprint density at radius 1 is 1.30 bits per heavy atom. The average molecular weight is 456 g/mol. The summed E-state index contributed by atoms with van der Waals surface area (Å²) >= 11 is 0. The molecular weight excluding hydrogens is 418 g/mol. The first-order chi connectivity index (χ1) is 15.6.